The third kappa shape index (κ3) is 3.86. The molecule has 2 N–H and O–H groups in total. The first-order valence-corrected chi connectivity index (χ1v) is 5.76. The van der Waals surface area contributed by atoms with Crippen molar-refractivity contribution in [2.45, 2.75) is 32.9 Å². The quantitative estimate of drug-likeness (QED) is 0.752. The number of aromatic nitrogens is 3. The van der Waals surface area contributed by atoms with E-state index in [2.05, 4.69) is 28.8 Å². The van der Waals surface area contributed by atoms with E-state index in [1.807, 2.05) is 11.7 Å². The highest BCUT2D eigenvalue weighted by atomic mass is 32.1. The molecule has 0 spiro atoms. The van der Waals surface area contributed by atoms with E-state index in [0.717, 1.165) is 25.3 Å². The molecule has 0 aliphatic rings. The second-order valence-corrected chi connectivity index (χ2v) is 4.69. The van der Waals surface area contributed by atoms with Crippen molar-refractivity contribution in [2.24, 2.45) is 5.73 Å². The summed E-state index contributed by atoms with van der Waals surface area (Å²) in [5.41, 5.74) is 5.46. The van der Waals surface area contributed by atoms with E-state index in [-0.39, 0.29) is 0 Å². The molecule has 0 aliphatic carbocycles. The molecular formula is C10H19N5S. The molecule has 0 amide bonds. The van der Waals surface area contributed by atoms with Gasteiger partial charge in [-0.1, -0.05) is 12.2 Å². The first-order chi connectivity index (χ1) is 7.50. The fourth-order valence-electron chi connectivity index (χ4n) is 1.44. The van der Waals surface area contributed by atoms with Crippen LogP contribution in [-0.4, -0.2) is 38.2 Å². The average molecular weight is 241 g/mol. The number of hydrogen-bond acceptors (Lipinski definition) is 4. The average Bonchev–Trinajstić information content (AvgIpc) is 2.62. The van der Waals surface area contributed by atoms with E-state index in [1.165, 1.54) is 0 Å². The zero-order chi connectivity index (χ0) is 12.1. The molecule has 90 valence electrons. The zero-order valence-corrected chi connectivity index (χ0v) is 10.9. The molecule has 0 saturated carbocycles. The first kappa shape index (κ1) is 13.1. The molecule has 6 heteroatoms. The Labute approximate surface area is 102 Å². The maximum atomic E-state index is 5.46. The Morgan fingerprint density at radius 1 is 1.62 bits per heavy atom. The van der Waals surface area contributed by atoms with Crippen molar-refractivity contribution in [3.63, 3.8) is 0 Å². The number of nitrogens with zero attached hydrogens (tertiary/aromatic N) is 4. The van der Waals surface area contributed by atoms with Gasteiger partial charge in [0.1, 0.15) is 12.2 Å². The van der Waals surface area contributed by atoms with Gasteiger partial charge in [-0.15, -0.1) is 0 Å². The van der Waals surface area contributed by atoms with Gasteiger partial charge < -0.3 is 5.73 Å². The largest absolute Gasteiger partial charge is 0.393 e. The molecule has 1 aromatic heterocycles. The summed E-state index contributed by atoms with van der Waals surface area (Å²) >= 11 is 4.85. The zero-order valence-electron chi connectivity index (χ0n) is 10.1. The Balaban J connectivity index is 2.52. The summed E-state index contributed by atoms with van der Waals surface area (Å²) in [6.45, 7) is 5.79. The van der Waals surface area contributed by atoms with E-state index in [0.29, 0.717) is 11.0 Å². The van der Waals surface area contributed by atoms with Gasteiger partial charge in [-0.3, -0.25) is 4.90 Å². The van der Waals surface area contributed by atoms with Crippen molar-refractivity contribution in [1.29, 1.82) is 0 Å². The minimum atomic E-state index is 0.335. The Bertz CT molecular complexity index is 347. The van der Waals surface area contributed by atoms with Crippen LogP contribution >= 0.6 is 12.2 Å². The molecule has 0 fully saturated rings. The molecule has 1 heterocycles. The van der Waals surface area contributed by atoms with E-state index in [9.17, 15) is 0 Å². The van der Waals surface area contributed by atoms with Crippen LogP contribution in [0.15, 0.2) is 6.33 Å². The molecule has 0 saturated heterocycles. The highest BCUT2D eigenvalue weighted by molar-refractivity contribution is 7.80. The van der Waals surface area contributed by atoms with Crippen molar-refractivity contribution in [1.82, 2.24) is 19.7 Å². The molecule has 0 bridgehead atoms. The lowest BCUT2D eigenvalue weighted by molar-refractivity contribution is 0.314. The predicted octanol–water partition coefficient (Wildman–Crippen LogP) is 0.967. The Kier molecular flexibility index (Phi) is 4.82. The summed E-state index contributed by atoms with van der Waals surface area (Å²) in [6, 6.07) is 0.335. The van der Waals surface area contributed by atoms with Crippen LogP contribution in [-0.2, 0) is 6.54 Å². The van der Waals surface area contributed by atoms with E-state index in [4.69, 9.17) is 18.0 Å². The van der Waals surface area contributed by atoms with Crippen LogP contribution < -0.4 is 5.73 Å². The van der Waals surface area contributed by atoms with Crippen molar-refractivity contribution >= 4 is 17.2 Å². The lowest BCUT2D eigenvalue weighted by atomic mass is 10.3. The van der Waals surface area contributed by atoms with Gasteiger partial charge in [0.15, 0.2) is 0 Å². The number of nitrogens with two attached hydrogens (primary N) is 1. The third-order valence-electron chi connectivity index (χ3n) is 2.29. The van der Waals surface area contributed by atoms with Crippen LogP contribution in [0.2, 0.25) is 0 Å². The minimum Gasteiger partial charge on any atom is -0.393 e. The van der Waals surface area contributed by atoms with Crippen LogP contribution in [0.1, 0.15) is 32.1 Å². The maximum Gasteiger partial charge on any atom is 0.141 e. The predicted molar refractivity (Wildman–Crippen MR) is 68.1 cm³/mol. The van der Waals surface area contributed by atoms with Crippen LogP contribution in [0.5, 0.6) is 0 Å². The second-order valence-electron chi connectivity index (χ2n) is 4.17. The van der Waals surface area contributed by atoms with Gasteiger partial charge in [-0.25, -0.2) is 9.67 Å². The van der Waals surface area contributed by atoms with Gasteiger partial charge in [0.25, 0.3) is 0 Å². The lowest BCUT2D eigenvalue weighted by Crippen LogP contribution is -2.25. The maximum absolute atomic E-state index is 5.46. The Morgan fingerprint density at radius 2 is 2.31 bits per heavy atom. The monoisotopic (exact) mass is 241 g/mol. The highest BCUT2D eigenvalue weighted by Crippen LogP contribution is 2.07. The summed E-state index contributed by atoms with van der Waals surface area (Å²) in [5.74, 6) is 0.973. The van der Waals surface area contributed by atoms with Gasteiger partial charge in [-0.2, -0.15) is 5.10 Å². The van der Waals surface area contributed by atoms with Gasteiger partial charge in [0, 0.05) is 19.0 Å². The lowest BCUT2D eigenvalue weighted by Gasteiger charge is -2.17. The third-order valence-corrected chi connectivity index (χ3v) is 2.49. The molecule has 0 unspecified atom stereocenters. The molecule has 5 nitrogen and oxygen atoms in total. The molecule has 0 radical (unpaired) electrons. The fourth-order valence-corrected chi connectivity index (χ4v) is 1.53. The molecule has 16 heavy (non-hydrogen) atoms. The van der Waals surface area contributed by atoms with Crippen LogP contribution in [0.4, 0.5) is 0 Å². The van der Waals surface area contributed by atoms with Crippen LogP contribution in [0, 0.1) is 0 Å². The summed E-state index contributed by atoms with van der Waals surface area (Å²) in [6.07, 6.45) is 2.33. The molecule has 0 aromatic carbocycles. The van der Waals surface area contributed by atoms with Gasteiger partial charge in [0.2, 0.25) is 0 Å². The van der Waals surface area contributed by atoms with Gasteiger partial charge >= 0.3 is 0 Å². The summed E-state index contributed by atoms with van der Waals surface area (Å²) in [4.78, 5) is 6.94. The highest BCUT2D eigenvalue weighted by Gasteiger charge is 2.09. The summed E-state index contributed by atoms with van der Waals surface area (Å²) in [5, 5.41) is 4.19. The van der Waals surface area contributed by atoms with Crippen molar-refractivity contribution in [2.75, 3.05) is 13.6 Å². The number of thiocarbonyl (C=S) groups is 1. The van der Waals surface area contributed by atoms with Crippen molar-refractivity contribution in [3.8, 4) is 0 Å². The number of rotatable bonds is 6. The first-order valence-electron chi connectivity index (χ1n) is 5.36. The fraction of sp³-hybridized carbons (Fsp3) is 0.700. The smallest absolute Gasteiger partial charge is 0.141 e. The van der Waals surface area contributed by atoms with Crippen LogP contribution in [0.3, 0.4) is 0 Å². The summed E-state index contributed by atoms with van der Waals surface area (Å²) in [7, 11) is 2.03. The van der Waals surface area contributed by atoms with E-state index in [1.54, 1.807) is 6.33 Å². The Morgan fingerprint density at radius 3 is 2.88 bits per heavy atom. The van der Waals surface area contributed by atoms with Crippen molar-refractivity contribution in [3.05, 3.63) is 12.2 Å². The SMILES string of the molecule is CC(C)n1ncnc1CN(C)CCC(N)=S. The Hall–Kier alpha value is -1.01. The molecule has 0 atom stereocenters. The molecule has 1 aromatic rings. The second kappa shape index (κ2) is 5.91. The van der Waals surface area contributed by atoms with E-state index >= 15 is 0 Å². The summed E-state index contributed by atoms with van der Waals surface area (Å²) < 4.78 is 1.93. The standard InChI is InChI=1S/C10H19N5S/c1-8(2)15-10(12-7-13-15)6-14(3)5-4-9(11)16/h7-8H,4-6H2,1-3H3,(H2,11,16). The minimum absolute atomic E-state index is 0.335. The molecule has 1 rings (SSSR count). The normalized spacial score (nSPS) is 11.3. The van der Waals surface area contributed by atoms with Gasteiger partial charge in [0.05, 0.1) is 11.5 Å². The topological polar surface area (TPSA) is 60.0 Å². The van der Waals surface area contributed by atoms with E-state index < -0.39 is 0 Å². The molecule has 0 aliphatic heterocycles. The van der Waals surface area contributed by atoms with Gasteiger partial charge in [-0.05, 0) is 20.9 Å². The van der Waals surface area contributed by atoms with Crippen LogP contribution in [0.25, 0.3) is 0 Å². The molecular weight excluding hydrogens is 222 g/mol. The number of hydrogen-bond donors (Lipinski definition) is 1. The van der Waals surface area contributed by atoms with Crippen molar-refractivity contribution < 1.29 is 0 Å².